The van der Waals surface area contributed by atoms with Gasteiger partial charge in [-0.1, -0.05) is 0 Å². The van der Waals surface area contributed by atoms with Crippen LogP contribution in [0.4, 0.5) is 0 Å². The number of ether oxygens (including phenoxy) is 1. The number of hydrogen-bond acceptors (Lipinski definition) is 6. The van der Waals surface area contributed by atoms with Crippen LogP contribution in [0.3, 0.4) is 0 Å². The van der Waals surface area contributed by atoms with Crippen LogP contribution in [0.1, 0.15) is 15.9 Å². The number of methoxy groups -OCH3 is 1. The Bertz CT molecular complexity index is 659. The Balaban J connectivity index is 0.00000220. The Morgan fingerprint density at radius 2 is 1.43 bits per heavy atom. The lowest BCUT2D eigenvalue weighted by Crippen LogP contribution is -2.04. The lowest BCUT2D eigenvalue weighted by Gasteiger charge is -2.11. The summed E-state index contributed by atoms with van der Waals surface area (Å²) in [5, 5.41) is 37.9. The number of carbonyl (C=O) groups is 1. The summed E-state index contributed by atoms with van der Waals surface area (Å²) in [6.45, 7) is 0. The molecule has 7 heteroatoms. The number of carbonyl (C=O) groups excluding carboxylic acids is 1. The Kier molecular flexibility index (Phi) is 4.62. The second-order valence-corrected chi connectivity index (χ2v) is 4.11. The number of hydrogen-bond donors (Lipinski definition) is 4. The first-order chi connectivity index (χ1) is 9.42. The van der Waals surface area contributed by atoms with Crippen LogP contribution < -0.4 is 4.74 Å². The summed E-state index contributed by atoms with van der Waals surface area (Å²) in [6.07, 6.45) is 0. The predicted octanol–water partition coefficient (Wildman–Crippen LogP) is 0.924. The highest BCUT2D eigenvalue weighted by Crippen LogP contribution is 2.35. The lowest BCUT2D eigenvalue weighted by molar-refractivity contribution is 0.103. The van der Waals surface area contributed by atoms with E-state index in [9.17, 15) is 25.2 Å². The first-order valence-corrected chi connectivity index (χ1v) is 5.60. The molecule has 2 aromatic rings. The highest BCUT2D eigenvalue weighted by atomic mass is 16.5. The van der Waals surface area contributed by atoms with E-state index in [4.69, 9.17) is 4.74 Å². The fraction of sp³-hybridized carbons (Fsp3) is 0.0714. The topological polar surface area (TPSA) is 139 Å². The second kappa shape index (κ2) is 6.02. The SMILES string of the molecule is COc1cc(O)cc(O)c1C(=O)c1cc(O)cc(O)c1.O. The van der Waals surface area contributed by atoms with Crippen molar-refractivity contribution < 1.29 is 35.4 Å². The van der Waals surface area contributed by atoms with Crippen molar-refractivity contribution in [1.82, 2.24) is 0 Å². The molecule has 0 spiro atoms. The van der Waals surface area contributed by atoms with Crippen molar-refractivity contribution in [1.29, 1.82) is 0 Å². The summed E-state index contributed by atoms with van der Waals surface area (Å²) < 4.78 is 4.94. The minimum Gasteiger partial charge on any atom is -0.508 e. The van der Waals surface area contributed by atoms with Gasteiger partial charge in [0, 0.05) is 23.8 Å². The summed E-state index contributed by atoms with van der Waals surface area (Å²) in [5.41, 5.74) is -0.197. The molecule has 0 amide bonds. The van der Waals surface area contributed by atoms with Crippen molar-refractivity contribution in [3.63, 3.8) is 0 Å². The predicted molar refractivity (Wildman–Crippen MR) is 73.1 cm³/mol. The molecular formula is C14H14O7. The first kappa shape index (κ1) is 16.1. The zero-order valence-electron chi connectivity index (χ0n) is 11.0. The molecule has 0 aliphatic heterocycles. The van der Waals surface area contributed by atoms with Crippen molar-refractivity contribution in [3.05, 3.63) is 41.5 Å². The van der Waals surface area contributed by atoms with E-state index in [1.807, 2.05) is 0 Å². The molecule has 0 saturated heterocycles. The van der Waals surface area contributed by atoms with Crippen molar-refractivity contribution in [2.75, 3.05) is 7.11 Å². The maximum Gasteiger partial charge on any atom is 0.200 e. The van der Waals surface area contributed by atoms with E-state index in [0.29, 0.717) is 0 Å². The van der Waals surface area contributed by atoms with Crippen LogP contribution in [0.25, 0.3) is 0 Å². The van der Waals surface area contributed by atoms with Gasteiger partial charge in [0.15, 0.2) is 0 Å². The molecule has 0 aliphatic rings. The van der Waals surface area contributed by atoms with Crippen LogP contribution in [0, 0.1) is 0 Å². The van der Waals surface area contributed by atoms with Gasteiger partial charge < -0.3 is 30.6 Å². The number of phenolic OH excluding ortho intramolecular Hbond substituents is 4. The molecule has 21 heavy (non-hydrogen) atoms. The van der Waals surface area contributed by atoms with E-state index in [1.165, 1.54) is 13.2 Å². The maximum atomic E-state index is 12.3. The van der Waals surface area contributed by atoms with Gasteiger partial charge >= 0.3 is 0 Å². The molecule has 0 bridgehead atoms. The Morgan fingerprint density at radius 1 is 0.905 bits per heavy atom. The molecule has 0 unspecified atom stereocenters. The molecule has 2 rings (SSSR count). The summed E-state index contributed by atoms with van der Waals surface area (Å²) in [5.74, 6) is -1.97. The Morgan fingerprint density at radius 3 is 1.95 bits per heavy atom. The summed E-state index contributed by atoms with van der Waals surface area (Å²) >= 11 is 0. The van der Waals surface area contributed by atoms with E-state index < -0.39 is 11.5 Å². The maximum absolute atomic E-state index is 12.3. The van der Waals surface area contributed by atoms with Gasteiger partial charge in [-0.3, -0.25) is 4.79 Å². The molecule has 0 radical (unpaired) electrons. The zero-order chi connectivity index (χ0) is 14.9. The standard InChI is InChI=1S/C14H12O6.H2O/c1-20-12-6-10(17)5-11(18)13(12)14(19)7-2-8(15)4-9(16)3-7;/h2-6,15-18H,1H3;1H2. The van der Waals surface area contributed by atoms with Gasteiger partial charge in [0.2, 0.25) is 5.78 Å². The monoisotopic (exact) mass is 294 g/mol. The van der Waals surface area contributed by atoms with Crippen molar-refractivity contribution in [2.24, 2.45) is 0 Å². The summed E-state index contributed by atoms with van der Waals surface area (Å²) in [6, 6.07) is 5.54. The van der Waals surface area contributed by atoms with Gasteiger partial charge in [-0.15, -0.1) is 0 Å². The molecule has 2 aromatic carbocycles. The molecule has 0 heterocycles. The normalized spacial score (nSPS) is 9.76. The quantitative estimate of drug-likeness (QED) is 0.621. The molecular weight excluding hydrogens is 280 g/mol. The van der Waals surface area contributed by atoms with Crippen LogP contribution in [-0.2, 0) is 0 Å². The Hall–Kier alpha value is -2.93. The van der Waals surface area contributed by atoms with E-state index >= 15 is 0 Å². The molecule has 0 saturated carbocycles. The van der Waals surface area contributed by atoms with Crippen LogP contribution in [-0.4, -0.2) is 38.8 Å². The zero-order valence-corrected chi connectivity index (χ0v) is 11.0. The number of ketones is 1. The van der Waals surface area contributed by atoms with Gasteiger partial charge in [0.05, 0.1) is 7.11 Å². The van der Waals surface area contributed by atoms with E-state index in [-0.39, 0.29) is 39.6 Å². The average Bonchev–Trinajstić information content (AvgIpc) is 2.35. The number of aromatic hydroxyl groups is 4. The van der Waals surface area contributed by atoms with Gasteiger partial charge in [0.1, 0.15) is 34.3 Å². The van der Waals surface area contributed by atoms with Gasteiger partial charge in [-0.05, 0) is 12.1 Å². The van der Waals surface area contributed by atoms with E-state index in [1.54, 1.807) is 0 Å². The van der Waals surface area contributed by atoms with Gasteiger partial charge in [-0.2, -0.15) is 0 Å². The van der Waals surface area contributed by atoms with Crippen molar-refractivity contribution >= 4 is 5.78 Å². The fourth-order valence-electron chi connectivity index (χ4n) is 1.85. The molecule has 0 atom stereocenters. The highest BCUT2D eigenvalue weighted by molar-refractivity contribution is 6.13. The first-order valence-electron chi connectivity index (χ1n) is 5.60. The highest BCUT2D eigenvalue weighted by Gasteiger charge is 2.21. The number of benzene rings is 2. The molecule has 112 valence electrons. The Labute approximate surface area is 119 Å². The van der Waals surface area contributed by atoms with Crippen molar-refractivity contribution in [2.45, 2.75) is 0 Å². The van der Waals surface area contributed by atoms with Crippen LogP contribution in [0.2, 0.25) is 0 Å². The van der Waals surface area contributed by atoms with Crippen LogP contribution >= 0.6 is 0 Å². The molecule has 0 aliphatic carbocycles. The number of phenols is 4. The minimum absolute atomic E-state index is 0. The van der Waals surface area contributed by atoms with Gasteiger partial charge in [0.25, 0.3) is 0 Å². The summed E-state index contributed by atoms with van der Waals surface area (Å²) in [4.78, 5) is 12.3. The summed E-state index contributed by atoms with van der Waals surface area (Å²) in [7, 11) is 1.28. The van der Waals surface area contributed by atoms with E-state index in [0.717, 1.165) is 24.3 Å². The van der Waals surface area contributed by atoms with E-state index in [2.05, 4.69) is 0 Å². The van der Waals surface area contributed by atoms with Crippen molar-refractivity contribution in [3.8, 4) is 28.7 Å². The molecule has 0 aromatic heterocycles. The minimum atomic E-state index is -0.662. The average molecular weight is 294 g/mol. The number of rotatable bonds is 3. The smallest absolute Gasteiger partial charge is 0.200 e. The molecule has 0 fully saturated rings. The third kappa shape index (κ3) is 3.15. The third-order valence-corrected chi connectivity index (χ3v) is 2.68. The fourth-order valence-corrected chi connectivity index (χ4v) is 1.85. The van der Waals surface area contributed by atoms with Crippen LogP contribution in [0.5, 0.6) is 28.7 Å². The molecule has 7 nitrogen and oxygen atoms in total. The van der Waals surface area contributed by atoms with Gasteiger partial charge in [-0.25, -0.2) is 0 Å². The second-order valence-electron chi connectivity index (χ2n) is 4.11. The third-order valence-electron chi connectivity index (χ3n) is 2.68. The van der Waals surface area contributed by atoms with Crippen LogP contribution in [0.15, 0.2) is 30.3 Å². The molecule has 6 N–H and O–H groups in total. The lowest BCUT2D eigenvalue weighted by atomic mass is 10.0. The largest absolute Gasteiger partial charge is 0.508 e.